The van der Waals surface area contributed by atoms with Crippen LogP contribution in [0.25, 0.3) is 0 Å². The minimum absolute atomic E-state index is 0.0176. The Morgan fingerprint density at radius 3 is 2.67 bits per heavy atom. The Labute approximate surface area is 178 Å². The summed E-state index contributed by atoms with van der Waals surface area (Å²) in [6.07, 6.45) is 3.86. The molecule has 3 atom stereocenters. The second-order valence-electron chi connectivity index (χ2n) is 8.04. The maximum atomic E-state index is 13.3. The van der Waals surface area contributed by atoms with Gasteiger partial charge in [0.05, 0.1) is 13.2 Å². The number of nitrogens with one attached hydrogen (secondary N) is 2. The Hall–Kier alpha value is -2.41. The van der Waals surface area contributed by atoms with Crippen molar-refractivity contribution in [2.24, 2.45) is 11.8 Å². The molecule has 0 unspecified atom stereocenters. The van der Waals surface area contributed by atoms with E-state index in [1.165, 1.54) is 5.56 Å². The van der Waals surface area contributed by atoms with Crippen LogP contribution in [0.4, 0.5) is 0 Å². The fourth-order valence-electron chi connectivity index (χ4n) is 4.10. The van der Waals surface area contributed by atoms with Gasteiger partial charge >= 0.3 is 0 Å². The van der Waals surface area contributed by atoms with Crippen LogP contribution in [0.2, 0.25) is 0 Å². The number of ether oxygens (including phenoxy) is 1. The molecule has 30 heavy (non-hydrogen) atoms. The molecule has 3 N–H and O–H groups in total. The number of amides is 1. The molecule has 0 spiro atoms. The number of carbonyl (C=O) groups excluding carboxylic acids is 1. The quantitative estimate of drug-likeness (QED) is 0.631. The molecule has 2 aromatic rings. The van der Waals surface area contributed by atoms with E-state index in [4.69, 9.17) is 14.8 Å². The highest BCUT2D eigenvalue weighted by atomic mass is 16.8. The Morgan fingerprint density at radius 2 is 1.93 bits per heavy atom. The molecule has 4 rings (SSSR count). The van der Waals surface area contributed by atoms with Gasteiger partial charge in [-0.2, -0.15) is 0 Å². The van der Waals surface area contributed by atoms with Gasteiger partial charge in [-0.25, -0.2) is 0 Å². The van der Waals surface area contributed by atoms with Gasteiger partial charge in [0, 0.05) is 12.0 Å². The van der Waals surface area contributed by atoms with Crippen LogP contribution in [-0.2, 0) is 22.5 Å². The van der Waals surface area contributed by atoms with Crippen molar-refractivity contribution in [1.29, 1.82) is 0 Å². The third-order valence-electron chi connectivity index (χ3n) is 5.70. The van der Waals surface area contributed by atoms with Gasteiger partial charge in [0.25, 0.3) is 0 Å². The molecule has 0 radical (unpaired) electrons. The molecule has 0 saturated heterocycles. The molecule has 0 saturated carbocycles. The van der Waals surface area contributed by atoms with Gasteiger partial charge in [-0.05, 0) is 68.2 Å². The molecular weight excluding hydrogens is 380 g/mol. The van der Waals surface area contributed by atoms with Crippen LogP contribution in [0.5, 0.6) is 5.75 Å². The fourth-order valence-corrected chi connectivity index (χ4v) is 4.10. The van der Waals surface area contributed by atoms with Crippen LogP contribution < -0.4 is 15.7 Å². The van der Waals surface area contributed by atoms with Crippen LogP contribution in [0.15, 0.2) is 54.6 Å². The van der Waals surface area contributed by atoms with E-state index in [0.29, 0.717) is 6.61 Å². The second-order valence-corrected chi connectivity index (χ2v) is 8.04. The summed E-state index contributed by atoms with van der Waals surface area (Å²) in [6, 6.07) is 18.3. The molecule has 6 nitrogen and oxygen atoms in total. The maximum Gasteiger partial charge on any atom is 0.223 e. The molecule has 2 aromatic carbocycles. The minimum atomic E-state index is -0.218. The Morgan fingerprint density at radius 1 is 1.17 bits per heavy atom. The van der Waals surface area contributed by atoms with Crippen LogP contribution in [0, 0.1) is 11.8 Å². The molecule has 0 aromatic heterocycles. The van der Waals surface area contributed by atoms with Crippen molar-refractivity contribution >= 4 is 5.91 Å². The zero-order valence-corrected chi connectivity index (χ0v) is 17.5. The van der Waals surface area contributed by atoms with E-state index in [2.05, 4.69) is 29.6 Å². The summed E-state index contributed by atoms with van der Waals surface area (Å²) in [7, 11) is 0. The summed E-state index contributed by atoms with van der Waals surface area (Å²) >= 11 is 0. The Bertz CT molecular complexity index is 767. The van der Waals surface area contributed by atoms with Gasteiger partial charge in [0.2, 0.25) is 5.91 Å². The van der Waals surface area contributed by atoms with Crippen molar-refractivity contribution in [2.45, 2.75) is 45.1 Å². The highest BCUT2D eigenvalue weighted by Crippen LogP contribution is 2.25. The first kappa shape index (κ1) is 22.3. The molecule has 162 valence electrons. The van der Waals surface area contributed by atoms with Gasteiger partial charge in [-0.3, -0.25) is 14.8 Å². The summed E-state index contributed by atoms with van der Waals surface area (Å²) < 4.78 is 5.87. The van der Waals surface area contributed by atoms with Gasteiger partial charge in [-0.15, -0.1) is 0 Å². The van der Waals surface area contributed by atoms with E-state index in [1.54, 1.807) is 5.64 Å². The van der Waals surface area contributed by atoms with Gasteiger partial charge < -0.3 is 10.1 Å². The van der Waals surface area contributed by atoms with Crippen molar-refractivity contribution in [3.05, 3.63) is 65.7 Å². The van der Waals surface area contributed by atoms with E-state index in [-0.39, 0.29) is 30.4 Å². The highest BCUT2D eigenvalue weighted by Gasteiger charge is 2.29. The molecule has 6 heteroatoms. The molecule has 2 bridgehead atoms. The highest BCUT2D eigenvalue weighted by molar-refractivity contribution is 5.79. The smallest absolute Gasteiger partial charge is 0.223 e. The maximum absolute atomic E-state index is 13.3. The normalized spacial score (nSPS) is 22.7. The predicted octanol–water partition coefficient (Wildman–Crippen LogP) is 3.68. The lowest BCUT2D eigenvalue weighted by molar-refractivity contribution is -0.148. The van der Waals surface area contributed by atoms with E-state index < -0.39 is 0 Å². The summed E-state index contributed by atoms with van der Waals surface area (Å²) in [4.78, 5) is 18.4. The summed E-state index contributed by atoms with van der Waals surface area (Å²) in [5.41, 5.74) is 4.14. The number of hydrogen-bond donors (Lipinski definition) is 3. The first-order valence-corrected chi connectivity index (χ1v) is 10.7. The number of fused-ring (bicyclic) bond motifs is 11. The largest absolute Gasteiger partial charge is 0.494 e. The summed E-state index contributed by atoms with van der Waals surface area (Å²) in [5.74, 6) is 0.649. The summed E-state index contributed by atoms with van der Waals surface area (Å²) in [6.45, 7) is 2.86. The van der Waals surface area contributed by atoms with Crippen LogP contribution in [0.3, 0.4) is 0 Å². The van der Waals surface area contributed by atoms with Crippen LogP contribution in [0.1, 0.15) is 37.3 Å². The fraction of sp³-hybridized carbons (Fsp3) is 0.458. The average molecular weight is 413 g/mol. The molecule has 1 amide bonds. The third-order valence-corrected chi connectivity index (χ3v) is 5.70. The molecular formula is C24H32N2O4. The van der Waals surface area contributed by atoms with Gasteiger partial charge in [-0.1, -0.05) is 48.1 Å². The number of benzene rings is 2. The Balaban J connectivity index is 1.76. The standard InChI is InChI=1S/C24H32N2O4/c1-18-16-20-9-12-22(13-10-20)29-15-5-8-21(17-30-26-28)23(24(27)25-18)14-11-19-6-3-2-4-7-19/h2-4,6-7,9-10,12-13,18,21,23,26,28H,5,8,11,14-17H2,1H3,(H,25,27)/t18-,21-,23-/m1/s1. The number of hydrogen-bond acceptors (Lipinski definition) is 5. The third kappa shape index (κ3) is 6.83. The molecule has 2 heterocycles. The predicted molar refractivity (Wildman–Crippen MR) is 115 cm³/mol. The Kier molecular flexibility index (Phi) is 8.68. The number of aryl methyl sites for hydroxylation is 1. The number of rotatable bonds is 6. The SMILES string of the molecule is C[C@@H]1Cc2ccc(cc2)OCCC[C@H](CONO)[C@@H](CCc2ccccc2)C(=O)N1. The van der Waals surface area contributed by atoms with Gasteiger partial charge in [0.15, 0.2) is 0 Å². The molecule has 0 fully saturated rings. The van der Waals surface area contributed by atoms with Crippen LogP contribution >= 0.6 is 0 Å². The zero-order chi connectivity index (χ0) is 21.2. The molecule has 0 aliphatic carbocycles. The lowest BCUT2D eigenvalue weighted by Gasteiger charge is -2.28. The minimum Gasteiger partial charge on any atom is -0.494 e. The van der Waals surface area contributed by atoms with Crippen molar-refractivity contribution in [3.63, 3.8) is 0 Å². The van der Waals surface area contributed by atoms with E-state index in [1.807, 2.05) is 37.3 Å². The monoisotopic (exact) mass is 412 g/mol. The van der Waals surface area contributed by atoms with E-state index in [0.717, 1.165) is 43.4 Å². The second kappa shape index (κ2) is 11.7. The van der Waals surface area contributed by atoms with Gasteiger partial charge in [0.1, 0.15) is 5.75 Å². The van der Waals surface area contributed by atoms with Crippen molar-refractivity contribution in [2.75, 3.05) is 13.2 Å². The molecule has 2 aliphatic rings. The van der Waals surface area contributed by atoms with Crippen molar-refractivity contribution < 1.29 is 19.6 Å². The first-order valence-electron chi connectivity index (χ1n) is 10.7. The first-order chi connectivity index (χ1) is 14.7. The van der Waals surface area contributed by atoms with E-state index in [9.17, 15) is 4.79 Å². The average Bonchev–Trinajstić information content (AvgIpc) is 2.75. The van der Waals surface area contributed by atoms with Crippen molar-refractivity contribution in [1.82, 2.24) is 11.0 Å². The van der Waals surface area contributed by atoms with Crippen LogP contribution in [-0.4, -0.2) is 30.4 Å². The summed E-state index contributed by atoms with van der Waals surface area (Å²) in [5, 5.41) is 12.1. The lowest BCUT2D eigenvalue weighted by atomic mass is 9.83. The topological polar surface area (TPSA) is 79.8 Å². The van der Waals surface area contributed by atoms with Crippen molar-refractivity contribution in [3.8, 4) is 5.75 Å². The molecule has 2 aliphatic heterocycles. The zero-order valence-electron chi connectivity index (χ0n) is 17.5. The lowest BCUT2D eigenvalue weighted by Crippen LogP contribution is -2.42. The number of carbonyl (C=O) groups is 1. The van der Waals surface area contributed by atoms with E-state index >= 15 is 0 Å².